The van der Waals surface area contributed by atoms with Crippen molar-refractivity contribution in [3.63, 3.8) is 0 Å². The summed E-state index contributed by atoms with van der Waals surface area (Å²) in [6.07, 6.45) is -0.994. The number of alkyl halides is 2. The van der Waals surface area contributed by atoms with Crippen LogP contribution in [0.15, 0.2) is 6.33 Å². The molecule has 2 aromatic heterocycles. The Balaban J connectivity index is 1.93. The zero-order chi connectivity index (χ0) is 13.0. The lowest BCUT2D eigenvalue weighted by Crippen LogP contribution is -2.14. The molecule has 0 amide bonds. The maximum absolute atomic E-state index is 11.8. The van der Waals surface area contributed by atoms with Crippen molar-refractivity contribution in [3.05, 3.63) is 11.6 Å². The number of rotatable bonds is 6. The molecule has 0 aliphatic heterocycles. The van der Waals surface area contributed by atoms with Crippen LogP contribution in [0.1, 0.15) is 0 Å². The fraction of sp³-hybridized carbons (Fsp3) is 0.444. The highest BCUT2D eigenvalue weighted by Gasteiger charge is 2.08. The largest absolute Gasteiger partial charge is 0.374 e. The van der Waals surface area contributed by atoms with Gasteiger partial charge in [-0.3, -0.25) is 0 Å². The molecule has 98 valence electrons. The first-order valence-electron chi connectivity index (χ1n) is 5.13. The fourth-order valence-electron chi connectivity index (χ4n) is 1.35. The molecule has 6 nitrogen and oxygen atoms in total. The van der Waals surface area contributed by atoms with Crippen LogP contribution in [-0.2, 0) is 4.74 Å². The number of aromatic nitrogens is 4. The Morgan fingerprint density at radius 2 is 2.28 bits per heavy atom. The number of hydrogen-bond acceptors (Lipinski definition) is 5. The zero-order valence-electron chi connectivity index (χ0n) is 9.16. The van der Waals surface area contributed by atoms with Gasteiger partial charge in [0.2, 0.25) is 5.28 Å². The molecule has 0 saturated heterocycles. The van der Waals surface area contributed by atoms with E-state index < -0.39 is 13.0 Å². The minimum absolute atomic E-state index is 0.0607. The van der Waals surface area contributed by atoms with Gasteiger partial charge in [-0.2, -0.15) is 9.97 Å². The number of anilines is 1. The second-order valence-corrected chi connectivity index (χ2v) is 3.67. The van der Waals surface area contributed by atoms with Crippen LogP contribution in [0.4, 0.5) is 14.6 Å². The lowest BCUT2D eigenvalue weighted by atomic mass is 10.5. The summed E-state index contributed by atoms with van der Waals surface area (Å²) in [5, 5.41) is 2.97. The Labute approximate surface area is 106 Å². The fourth-order valence-corrected chi connectivity index (χ4v) is 1.51. The van der Waals surface area contributed by atoms with Crippen molar-refractivity contribution in [3.8, 4) is 0 Å². The molecule has 2 aromatic rings. The van der Waals surface area contributed by atoms with Crippen LogP contribution in [0.3, 0.4) is 0 Å². The summed E-state index contributed by atoms with van der Waals surface area (Å²) in [6, 6.07) is 0. The molecule has 2 heterocycles. The van der Waals surface area contributed by atoms with E-state index in [0.29, 0.717) is 23.5 Å². The summed E-state index contributed by atoms with van der Waals surface area (Å²) >= 11 is 5.72. The number of hydrogen-bond donors (Lipinski definition) is 2. The van der Waals surface area contributed by atoms with Crippen molar-refractivity contribution in [1.82, 2.24) is 19.9 Å². The molecule has 0 atom stereocenters. The van der Waals surface area contributed by atoms with Gasteiger partial charge < -0.3 is 15.0 Å². The highest BCUT2D eigenvalue weighted by Crippen LogP contribution is 2.17. The molecule has 0 unspecified atom stereocenters. The molecule has 0 saturated carbocycles. The van der Waals surface area contributed by atoms with Crippen molar-refractivity contribution in [2.75, 3.05) is 25.1 Å². The van der Waals surface area contributed by atoms with Crippen LogP contribution < -0.4 is 5.32 Å². The van der Waals surface area contributed by atoms with Crippen molar-refractivity contribution >= 4 is 28.6 Å². The number of nitrogens with zero attached hydrogens (tertiary/aromatic N) is 3. The van der Waals surface area contributed by atoms with Gasteiger partial charge in [-0.1, -0.05) is 0 Å². The van der Waals surface area contributed by atoms with Crippen LogP contribution in [0, 0.1) is 0 Å². The summed E-state index contributed by atoms with van der Waals surface area (Å²) in [7, 11) is 0. The number of imidazole rings is 1. The third kappa shape index (κ3) is 3.23. The van der Waals surface area contributed by atoms with E-state index >= 15 is 0 Å². The summed E-state index contributed by atoms with van der Waals surface area (Å²) in [6.45, 7) is -0.110. The number of fused-ring (bicyclic) bond motifs is 1. The molecule has 0 bridgehead atoms. The first-order chi connectivity index (χ1) is 8.66. The van der Waals surface area contributed by atoms with Gasteiger partial charge in [0.25, 0.3) is 6.43 Å². The summed E-state index contributed by atoms with van der Waals surface area (Å²) in [5.41, 5.74) is 1.04. The Kier molecular flexibility index (Phi) is 4.21. The average Bonchev–Trinajstić information content (AvgIpc) is 2.75. The monoisotopic (exact) mass is 277 g/mol. The van der Waals surface area contributed by atoms with Gasteiger partial charge in [0.1, 0.15) is 12.1 Å². The maximum Gasteiger partial charge on any atom is 0.261 e. The zero-order valence-corrected chi connectivity index (χ0v) is 9.92. The van der Waals surface area contributed by atoms with Gasteiger partial charge in [-0.25, -0.2) is 13.8 Å². The molecule has 0 fully saturated rings. The lowest BCUT2D eigenvalue weighted by Gasteiger charge is -2.07. The molecule has 0 radical (unpaired) electrons. The van der Waals surface area contributed by atoms with E-state index in [1.807, 2.05) is 0 Å². The normalized spacial score (nSPS) is 11.3. The molecule has 9 heteroatoms. The van der Waals surface area contributed by atoms with E-state index in [1.165, 1.54) is 6.33 Å². The van der Waals surface area contributed by atoms with Crippen molar-refractivity contribution in [2.24, 2.45) is 0 Å². The number of halogens is 3. The Morgan fingerprint density at radius 3 is 3.06 bits per heavy atom. The van der Waals surface area contributed by atoms with Gasteiger partial charge in [-0.15, -0.1) is 0 Å². The second kappa shape index (κ2) is 5.87. The Bertz CT molecular complexity index is 521. The number of nitrogens with one attached hydrogen (secondary N) is 2. The Morgan fingerprint density at radius 1 is 1.44 bits per heavy atom. The maximum atomic E-state index is 11.8. The van der Waals surface area contributed by atoms with Crippen molar-refractivity contribution in [1.29, 1.82) is 0 Å². The lowest BCUT2D eigenvalue weighted by molar-refractivity contribution is 0.0215. The van der Waals surface area contributed by atoms with Crippen LogP contribution in [0.2, 0.25) is 5.28 Å². The van der Waals surface area contributed by atoms with Gasteiger partial charge in [-0.05, 0) is 11.6 Å². The summed E-state index contributed by atoms with van der Waals surface area (Å²) in [4.78, 5) is 14.7. The third-order valence-corrected chi connectivity index (χ3v) is 2.21. The van der Waals surface area contributed by atoms with Gasteiger partial charge in [0, 0.05) is 6.54 Å². The van der Waals surface area contributed by atoms with E-state index in [4.69, 9.17) is 16.3 Å². The number of H-pyrrole nitrogens is 1. The van der Waals surface area contributed by atoms with Crippen LogP contribution in [0.25, 0.3) is 11.2 Å². The van der Waals surface area contributed by atoms with E-state index in [-0.39, 0.29) is 11.9 Å². The van der Waals surface area contributed by atoms with E-state index in [1.54, 1.807) is 0 Å². The van der Waals surface area contributed by atoms with Crippen molar-refractivity contribution in [2.45, 2.75) is 6.43 Å². The molecule has 0 aliphatic rings. The minimum Gasteiger partial charge on any atom is -0.374 e. The molecule has 0 spiro atoms. The minimum atomic E-state index is -2.46. The molecule has 0 aliphatic carbocycles. The summed E-state index contributed by atoms with van der Waals surface area (Å²) in [5.74, 6) is 0.461. The standard InChI is InChI=1S/C9H10ClF2N5O/c10-9-16-7(6-8(17-9)15-4-14-6)13-1-2-18-3-5(11)12/h4-5H,1-3H2,(H2,13,14,15,16,17). The highest BCUT2D eigenvalue weighted by molar-refractivity contribution is 6.28. The van der Waals surface area contributed by atoms with Gasteiger partial charge >= 0.3 is 0 Å². The number of ether oxygens (including phenoxy) is 1. The SMILES string of the molecule is FC(F)COCCNc1nc(Cl)nc2nc[nH]c12. The van der Waals surface area contributed by atoms with Crippen LogP contribution in [-0.4, -0.2) is 46.1 Å². The van der Waals surface area contributed by atoms with Crippen LogP contribution in [0.5, 0.6) is 0 Å². The quantitative estimate of drug-likeness (QED) is 0.621. The second-order valence-electron chi connectivity index (χ2n) is 3.34. The molecule has 0 aromatic carbocycles. The predicted octanol–water partition coefficient (Wildman–Crippen LogP) is 1.70. The molecule has 2 N–H and O–H groups in total. The molecule has 2 rings (SSSR count). The number of aromatic amines is 1. The average molecular weight is 278 g/mol. The van der Waals surface area contributed by atoms with E-state index in [0.717, 1.165) is 0 Å². The third-order valence-electron chi connectivity index (χ3n) is 2.04. The van der Waals surface area contributed by atoms with E-state index in [9.17, 15) is 8.78 Å². The van der Waals surface area contributed by atoms with Gasteiger partial charge in [0.15, 0.2) is 11.5 Å². The molecular formula is C9H10ClF2N5O. The van der Waals surface area contributed by atoms with E-state index in [2.05, 4.69) is 25.3 Å². The summed E-state index contributed by atoms with van der Waals surface area (Å²) < 4.78 is 28.3. The first kappa shape index (κ1) is 12.9. The topological polar surface area (TPSA) is 75.7 Å². The van der Waals surface area contributed by atoms with Crippen LogP contribution >= 0.6 is 11.6 Å². The molecular weight excluding hydrogens is 268 g/mol. The van der Waals surface area contributed by atoms with Crippen molar-refractivity contribution < 1.29 is 13.5 Å². The smallest absolute Gasteiger partial charge is 0.261 e. The molecule has 18 heavy (non-hydrogen) atoms. The first-order valence-corrected chi connectivity index (χ1v) is 5.51. The Hall–Kier alpha value is -1.54. The van der Waals surface area contributed by atoms with Gasteiger partial charge in [0.05, 0.1) is 12.9 Å². The predicted molar refractivity (Wildman–Crippen MR) is 62.0 cm³/mol. The highest BCUT2D eigenvalue weighted by atomic mass is 35.5.